The molecule has 0 aromatic carbocycles. The van der Waals surface area contributed by atoms with E-state index in [-0.39, 0.29) is 22.2 Å². The third-order valence-corrected chi connectivity index (χ3v) is 4.90. The molecule has 0 amide bonds. The number of rotatable bonds is 5. The maximum absolute atomic E-state index is 12.0. The fourth-order valence-electron chi connectivity index (χ4n) is 1.86. The number of nitrogens with zero attached hydrogens (tertiary/aromatic N) is 1. The van der Waals surface area contributed by atoms with Crippen molar-refractivity contribution < 1.29 is 13.2 Å². The molecule has 5 nitrogen and oxygen atoms in total. The number of sulfonamides is 1. The topological polar surface area (TPSA) is 68.3 Å². The summed E-state index contributed by atoms with van der Waals surface area (Å²) in [5.41, 5.74) is -0.340. The first-order chi connectivity index (χ1) is 8.47. The second kappa shape index (κ2) is 5.13. The van der Waals surface area contributed by atoms with Crippen molar-refractivity contribution in [3.63, 3.8) is 0 Å². The first kappa shape index (κ1) is 13.7. The maximum atomic E-state index is 12.0. The van der Waals surface area contributed by atoms with Crippen molar-refractivity contribution in [2.24, 2.45) is 0 Å². The summed E-state index contributed by atoms with van der Waals surface area (Å²) in [6.07, 6.45) is 4.07. The van der Waals surface area contributed by atoms with E-state index in [1.54, 1.807) is 7.11 Å². The SMILES string of the molecule is COC1(CNS(=O)(=O)c2ccc(Cl)nc2)CCC1. The minimum atomic E-state index is -3.55. The highest BCUT2D eigenvalue weighted by molar-refractivity contribution is 7.89. The molecule has 0 aliphatic heterocycles. The quantitative estimate of drug-likeness (QED) is 0.836. The van der Waals surface area contributed by atoms with Gasteiger partial charge in [-0.1, -0.05) is 11.6 Å². The van der Waals surface area contributed by atoms with Crippen LogP contribution in [0.5, 0.6) is 0 Å². The molecule has 0 saturated heterocycles. The van der Waals surface area contributed by atoms with E-state index in [1.807, 2.05) is 0 Å². The van der Waals surface area contributed by atoms with Crippen LogP contribution in [-0.4, -0.2) is 32.7 Å². The average molecular weight is 291 g/mol. The minimum Gasteiger partial charge on any atom is -0.377 e. The van der Waals surface area contributed by atoms with Crippen molar-refractivity contribution in [1.82, 2.24) is 9.71 Å². The van der Waals surface area contributed by atoms with Gasteiger partial charge in [0, 0.05) is 19.9 Å². The smallest absolute Gasteiger partial charge is 0.242 e. The number of pyridine rings is 1. The lowest BCUT2D eigenvalue weighted by molar-refractivity contribution is -0.0659. The second-order valence-electron chi connectivity index (χ2n) is 4.38. The Morgan fingerprint density at radius 3 is 2.67 bits per heavy atom. The minimum absolute atomic E-state index is 0.109. The van der Waals surface area contributed by atoms with Gasteiger partial charge in [-0.15, -0.1) is 0 Å². The first-order valence-electron chi connectivity index (χ1n) is 5.64. The third-order valence-electron chi connectivity index (χ3n) is 3.29. The van der Waals surface area contributed by atoms with Crippen molar-refractivity contribution in [1.29, 1.82) is 0 Å². The molecule has 1 aromatic heterocycles. The van der Waals surface area contributed by atoms with Crippen LogP contribution >= 0.6 is 11.6 Å². The van der Waals surface area contributed by atoms with Gasteiger partial charge < -0.3 is 4.74 Å². The zero-order chi connectivity index (χ0) is 13.2. The Balaban J connectivity index is 2.05. The lowest BCUT2D eigenvalue weighted by Crippen LogP contribution is -2.49. The predicted molar refractivity (Wildman–Crippen MR) is 68.0 cm³/mol. The molecule has 100 valence electrons. The Morgan fingerprint density at radius 2 is 2.22 bits per heavy atom. The normalized spacial score (nSPS) is 18.3. The standard InChI is InChI=1S/C11H15ClN2O3S/c1-17-11(5-2-6-11)8-14-18(15,16)9-3-4-10(12)13-7-9/h3-4,7,14H,2,5-6,8H2,1H3. The second-order valence-corrected chi connectivity index (χ2v) is 6.54. The van der Waals surface area contributed by atoms with Crippen molar-refractivity contribution in [3.05, 3.63) is 23.5 Å². The molecule has 0 spiro atoms. The van der Waals surface area contributed by atoms with Gasteiger partial charge >= 0.3 is 0 Å². The van der Waals surface area contributed by atoms with E-state index in [9.17, 15) is 8.42 Å². The van der Waals surface area contributed by atoms with Gasteiger partial charge in [-0.2, -0.15) is 0 Å². The number of nitrogens with one attached hydrogen (secondary N) is 1. The van der Waals surface area contributed by atoms with Gasteiger partial charge in [-0.25, -0.2) is 18.1 Å². The van der Waals surface area contributed by atoms with Crippen molar-refractivity contribution in [3.8, 4) is 0 Å². The Kier molecular flexibility index (Phi) is 3.91. The van der Waals surface area contributed by atoms with E-state index in [2.05, 4.69) is 9.71 Å². The number of halogens is 1. The molecule has 1 heterocycles. The van der Waals surface area contributed by atoms with Crippen molar-refractivity contribution in [2.45, 2.75) is 29.8 Å². The van der Waals surface area contributed by atoms with Crippen LogP contribution in [0.1, 0.15) is 19.3 Å². The molecule has 2 rings (SSSR count). The Hall–Kier alpha value is -0.690. The van der Waals surface area contributed by atoms with E-state index >= 15 is 0 Å². The fraction of sp³-hybridized carbons (Fsp3) is 0.545. The molecule has 0 radical (unpaired) electrons. The highest BCUT2D eigenvalue weighted by Gasteiger charge is 2.38. The molecule has 0 bridgehead atoms. The molecule has 0 atom stereocenters. The summed E-state index contributed by atoms with van der Waals surface area (Å²) < 4.78 is 31.9. The first-order valence-corrected chi connectivity index (χ1v) is 7.50. The highest BCUT2D eigenvalue weighted by atomic mass is 35.5. The van der Waals surface area contributed by atoms with Crippen LogP contribution in [0.3, 0.4) is 0 Å². The Morgan fingerprint density at radius 1 is 1.50 bits per heavy atom. The number of ether oxygens (including phenoxy) is 1. The zero-order valence-electron chi connectivity index (χ0n) is 10.0. The number of aromatic nitrogens is 1. The lowest BCUT2D eigenvalue weighted by atomic mass is 9.80. The molecule has 1 aliphatic rings. The summed E-state index contributed by atoms with van der Waals surface area (Å²) in [5.74, 6) is 0. The van der Waals surface area contributed by atoms with E-state index in [0.29, 0.717) is 0 Å². The van der Waals surface area contributed by atoms with Gasteiger partial charge in [0.15, 0.2) is 0 Å². The van der Waals surface area contributed by atoms with Gasteiger partial charge in [0.05, 0.1) is 5.60 Å². The van der Waals surface area contributed by atoms with Crippen LogP contribution in [-0.2, 0) is 14.8 Å². The molecule has 1 aliphatic carbocycles. The molecule has 1 aromatic rings. The maximum Gasteiger partial charge on any atom is 0.242 e. The Labute approximate surface area is 112 Å². The molecule has 0 unspecified atom stereocenters. The van der Waals surface area contributed by atoms with Crippen LogP contribution in [0.15, 0.2) is 23.2 Å². The summed E-state index contributed by atoms with van der Waals surface area (Å²) in [6.45, 7) is 0.286. The summed E-state index contributed by atoms with van der Waals surface area (Å²) in [5, 5.41) is 0.265. The fourth-order valence-corrected chi connectivity index (χ4v) is 3.03. The van der Waals surface area contributed by atoms with Gasteiger partial charge in [0.2, 0.25) is 10.0 Å². The molecule has 18 heavy (non-hydrogen) atoms. The average Bonchev–Trinajstić information content (AvgIpc) is 2.29. The summed E-state index contributed by atoms with van der Waals surface area (Å²) in [7, 11) is -1.94. The predicted octanol–water partition coefficient (Wildman–Crippen LogP) is 1.58. The third kappa shape index (κ3) is 2.83. The number of hydrogen-bond acceptors (Lipinski definition) is 4. The molecular formula is C11H15ClN2O3S. The zero-order valence-corrected chi connectivity index (χ0v) is 11.6. The van der Waals surface area contributed by atoms with Gasteiger partial charge in [-0.3, -0.25) is 0 Å². The van der Waals surface area contributed by atoms with E-state index in [1.165, 1.54) is 18.3 Å². The number of hydrogen-bond donors (Lipinski definition) is 1. The van der Waals surface area contributed by atoms with E-state index < -0.39 is 10.0 Å². The van der Waals surface area contributed by atoms with Crippen LogP contribution in [0.4, 0.5) is 0 Å². The largest absolute Gasteiger partial charge is 0.377 e. The van der Waals surface area contributed by atoms with Gasteiger partial charge in [0.25, 0.3) is 0 Å². The molecule has 1 fully saturated rings. The number of methoxy groups -OCH3 is 1. The Bertz CT molecular complexity index is 506. The van der Waals surface area contributed by atoms with E-state index in [0.717, 1.165) is 19.3 Å². The van der Waals surface area contributed by atoms with Crippen LogP contribution < -0.4 is 4.72 Å². The highest BCUT2D eigenvalue weighted by Crippen LogP contribution is 2.34. The van der Waals surface area contributed by atoms with Gasteiger partial charge in [0.1, 0.15) is 10.0 Å². The monoisotopic (exact) mass is 290 g/mol. The van der Waals surface area contributed by atoms with Crippen molar-refractivity contribution in [2.75, 3.05) is 13.7 Å². The van der Waals surface area contributed by atoms with Crippen LogP contribution in [0.2, 0.25) is 5.15 Å². The van der Waals surface area contributed by atoms with Crippen LogP contribution in [0, 0.1) is 0 Å². The van der Waals surface area contributed by atoms with Crippen molar-refractivity contribution >= 4 is 21.6 Å². The molecule has 7 heteroatoms. The van der Waals surface area contributed by atoms with Gasteiger partial charge in [-0.05, 0) is 31.4 Å². The molecule has 1 N–H and O–H groups in total. The lowest BCUT2D eigenvalue weighted by Gasteiger charge is -2.40. The summed E-state index contributed by atoms with van der Waals surface area (Å²) in [6, 6.07) is 2.88. The summed E-state index contributed by atoms with van der Waals surface area (Å²) in [4.78, 5) is 3.87. The van der Waals surface area contributed by atoms with Crippen LogP contribution in [0.25, 0.3) is 0 Å². The molecular weight excluding hydrogens is 276 g/mol. The van der Waals surface area contributed by atoms with E-state index in [4.69, 9.17) is 16.3 Å². The molecule has 1 saturated carbocycles. The summed E-state index contributed by atoms with van der Waals surface area (Å²) >= 11 is 5.62.